The fourth-order valence-corrected chi connectivity index (χ4v) is 3.47. The molecule has 8 heteroatoms. The van der Waals surface area contributed by atoms with E-state index in [9.17, 15) is 8.42 Å². The zero-order valence-electron chi connectivity index (χ0n) is 13.9. The first kappa shape index (κ1) is 17.4. The molecule has 0 fully saturated rings. The molecular weight excluding hydrogens is 346 g/mol. The van der Waals surface area contributed by atoms with Crippen molar-refractivity contribution in [3.63, 3.8) is 0 Å². The third kappa shape index (κ3) is 3.80. The fourth-order valence-electron chi connectivity index (χ4n) is 2.44. The van der Waals surface area contributed by atoms with Crippen LogP contribution in [0.25, 0.3) is 0 Å². The lowest BCUT2D eigenvalue weighted by atomic mass is 10.2. The van der Waals surface area contributed by atoms with E-state index in [1.54, 1.807) is 31.4 Å². The van der Waals surface area contributed by atoms with Gasteiger partial charge in [-0.15, -0.1) is 0 Å². The molecule has 1 N–H and O–H groups in total. The van der Waals surface area contributed by atoms with E-state index in [0.717, 1.165) is 0 Å². The quantitative estimate of drug-likeness (QED) is 0.843. The van der Waals surface area contributed by atoms with E-state index in [1.165, 1.54) is 19.2 Å². The van der Waals surface area contributed by atoms with Gasteiger partial charge in [-0.3, -0.25) is 0 Å². The molecule has 2 aromatic rings. The van der Waals surface area contributed by atoms with Crippen LogP contribution in [-0.4, -0.2) is 35.9 Å². The summed E-state index contributed by atoms with van der Waals surface area (Å²) < 4.78 is 48.9. The topological polar surface area (TPSA) is 83.1 Å². The Morgan fingerprint density at radius 3 is 2.48 bits per heavy atom. The van der Waals surface area contributed by atoms with Crippen LogP contribution in [0.5, 0.6) is 23.0 Å². The predicted octanol–water partition coefficient (Wildman–Crippen LogP) is 1.95. The molecule has 1 aliphatic heterocycles. The molecule has 0 saturated heterocycles. The minimum absolute atomic E-state index is 0.0872. The van der Waals surface area contributed by atoms with Crippen molar-refractivity contribution in [2.24, 2.45) is 0 Å². The Balaban J connectivity index is 1.78. The van der Waals surface area contributed by atoms with Gasteiger partial charge in [-0.05, 0) is 18.2 Å². The van der Waals surface area contributed by atoms with Gasteiger partial charge in [0, 0.05) is 24.2 Å². The van der Waals surface area contributed by atoms with Crippen molar-refractivity contribution in [1.29, 1.82) is 0 Å². The van der Waals surface area contributed by atoms with Gasteiger partial charge >= 0.3 is 0 Å². The van der Waals surface area contributed by atoms with Crippen LogP contribution in [0.15, 0.2) is 41.3 Å². The highest BCUT2D eigenvalue weighted by atomic mass is 32.2. The highest BCUT2D eigenvalue weighted by Crippen LogP contribution is 2.32. The van der Waals surface area contributed by atoms with E-state index in [2.05, 4.69) is 4.72 Å². The SMILES string of the molecule is COc1ccc(CNS(=O)(=O)c2ccc3c(c2)OCCO3)c(OC)c1. The number of ether oxygens (including phenoxy) is 4. The Morgan fingerprint density at radius 2 is 1.76 bits per heavy atom. The smallest absolute Gasteiger partial charge is 0.241 e. The molecule has 0 radical (unpaired) electrons. The third-order valence-corrected chi connectivity index (χ3v) is 5.17. The van der Waals surface area contributed by atoms with Crippen LogP contribution < -0.4 is 23.7 Å². The first-order valence-electron chi connectivity index (χ1n) is 7.64. The lowest BCUT2D eigenvalue weighted by Crippen LogP contribution is -2.24. The zero-order chi connectivity index (χ0) is 17.9. The number of hydrogen-bond donors (Lipinski definition) is 1. The summed E-state index contributed by atoms with van der Waals surface area (Å²) >= 11 is 0. The van der Waals surface area contributed by atoms with Crippen molar-refractivity contribution in [2.75, 3.05) is 27.4 Å². The summed E-state index contributed by atoms with van der Waals surface area (Å²) in [5.74, 6) is 2.15. The van der Waals surface area contributed by atoms with Gasteiger partial charge in [-0.25, -0.2) is 13.1 Å². The molecule has 134 valence electrons. The van der Waals surface area contributed by atoms with Crippen LogP contribution in [0.1, 0.15) is 5.56 Å². The van der Waals surface area contributed by atoms with Crippen LogP contribution in [0.4, 0.5) is 0 Å². The number of hydrogen-bond acceptors (Lipinski definition) is 6. The molecule has 0 amide bonds. The summed E-state index contributed by atoms with van der Waals surface area (Å²) in [6.45, 7) is 0.936. The summed E-state index contributed by atoms with van der Waals surface area (Å²) in [6.07, 6.45) is 0. The molecule has 25 heavy (non-hydrogen) atoms. The van der Waals surface area contributed by atoms with Crippen LogP contribution in [0.3, 0.4) is 0 Å². The fraction of sp³-hybridized carbons (Fsp3) is 0.294. The van der Waals surface area contributed by atoms with E-state index in [4.69, 9.17) is 18.9 Å². The first-order valence-corrected chi connectivity index (χ1v) is 9.12. The highest BCUT2D eigenvalue weighted by Gasteiger charge is 2.19. The van der Waals surface area contributed by atoms with Gasteiger partial charge in [-0.1, -0.05) is 6.07 Å². The number of sulfonamides is 1. The number of methoxy groups -OCH3 is 2. The summed E-state index contributed by atoms with van der Waals surface area (Å²) in [5, 5.41) is 0. The highest BCUT2D eigenvalue weighted by molar-refractivity contribution is 7.89. The molecule has 1 aliphatic rings. The van der Waals surface area contributed by atoms with Gasteiger partial charge in [0.1, 0.15) is 24.7 Å². The maximum Gasteiger partial charge on any atom is 0.241 e. The lowest BCUT2D eigenvalue weighted by Gasteiger charge is -2.19. The Kier molecular flexibility index (Phi) is 5.00. The number of rotatable bonds is 6. The average Bonchev–Trinajstić information content (AvgIpc) is 2.65. The second-order valence-corrected chi connectivity index (χ2v) is 7.07. The predicted molar refractivity (Wildman–Crippen MR) is 91.0 cm³/mol. The van der Waals surface area contributed by atoms with Crippen molar-refractivity contribution < 1.29 is 27.4 Å². The number of benzene rings is 2. The standard InChI is InChI=1S/C17H19NO6S/c1-21-13-4-3-12(16(9-13)22-2)11-18-25(19,20)14-5-6-15-17(10-14)24-8-7-23-15/h3-6,9-10,18H,7-8,11H2,1-2H3. The van der Waals surface area contributed by atoms with Gasteiger partial charge < -0.3 is 18.9 Å². The van der Waals surface area contributed by atoms with Crippen LogP contribution in [0.2, 0.25) is 0 Å². The van der Waals surface area contributed by atoms with Gasteiger partial charge in [0.25, 0.3) is 0 Å². The van der Waals surface area contributed by atoms with Gasteiger partial charge in [-0.2, -0.15) is 0 Å². The van der Waals surface area contributed by atoms with E-state index in [0.29, 0.717) is 41.8 Å². The molecule has 0 aromatic heterocycles. The zero-order valence-corrected chi connectivity index (χ0v) is 14.8. The van der Waals surface area contributed by atoms with Crippen molar-refractivity contribution >= 4 is 10.0 Å². The van der Waals surface area contributed by atoms with Gasteiger partial charge in [0.2, 0.25) is 10.0 Å². The van der Waals surface area contributed by atoms with Crippen LogP contribution in [-0.2, 0) is 16.6 Å². The van der Waals surface area contributed by atoms with Crippen molar-refractivity contribution in [1.82, 2.24) is 4.72 Å². The minimum Gasteiger partial charge on any atom is -0.497 e. The molecule has 0 atom stereocenters. The molecule has 0 saturated carbocycles. The van der Waals surface area contributed by atoms with Crippen LogP contribution >= 0.6 is 0 Å². The number of nitrogens with one attached hydrogen (secondary N) is 1. The monoisotopic (exact) mass is 365 g/mol. The Labute approximate surface area is 146 Å². The normalized spacial score (nSPS) is 13.4. The molecule has 7 nitrogen and oxygen atoms in total. The Hall–Kier alpha value is -2.45. The largest absolute Gasteiger partial charge is 0.497 e. The van der Waals surface area contributed by atoms with Crippen molar-refractivity contribution in [3.05, 3.63) is 42.0 Å². The third-order valence-electron chi connectivity index (χ3n) is 3.77. The second kappa shape index (κ2) is 7.20. The minimum atomic E-state index is -3.70. The molecule has 3 rings (SSSR count). The van der Waals surface area contributed by atoms with Gasteiger partial charge in [0.15, 0.2) is 11.5 Å². The summed E-state index contributed by atoms with van der Waals surface area (Å²) in [6, 6.07) is 9.74. The molecule has 0 spiro atoms. The average molecular weight is 365 g/mol. The molecule has 0 aliphatic carbocycles. The van der Waals surface area contributed by atoms with E-state index < -0.39 is 10.0 Å². The van der Waals surface area contributed by atoms with Crippen molar-refractivity contribution in [2.45, 2.75) is 11.4 Å². The van der Waals surface area contributed by atoms with E-state index in [1.807, 2.05) is 0 Å². The lowest BCUT2D eigenvalue weighted by molar-refractivity contribution is 0.171. The molecular formula is C17H19NO6S. The maximum absolute atomic E-state index is 12.5. The van der Waals surface area contributed by atoms with E-state index >= 15 is 0 Å². The van der Waals surface area contributed by atoms with E-state index in [-0.39, 0.29) is 11.4 Å². The summed E-state index contributed by atoms with van der Waals surface area (Å²) in [5.41, 5.74) is 0.699. The number of fused-ring (bicyclic) bond motifs is 1. The maximum atomic E-state index is 12.5. The summed E-state index contributed by atoms with van der Waals surface area (Å²) in [4.78, 5) is 0.115. The Morgan fingerprint density at radius 1 is 1.00 bits per heavy atom. The molecule has 0 bridgehead atoms. The summed E-state index contributed by atoms with van der Waals surface area (Å²) in [7, 11) is -0.629. The van der Waals surface area contributed by atoms with Crippen molar-refractivity contribution in [3.8, 4) is 23.0 Å². The molecule has 1 heterocycles. The Bertz CT molecular complexity index is 865. The van der Waals surface area contributed by atoms with Crippen LogP contribution in [0, 0.1) is 0 Å². The molecule has 0 unspecified atom stereocenters. The first-order chi connectivity index (χ1) is 12.0. The second-order valence-electron chi connectivity index (χ2n) is 5.31. The molecule has 2 aromatic carbocycles. The van der Waals surface area contributed by atoms with Gasteiger partial charge in [0.05, 0.1) is 19.1 Å².